The zero-order chi connectivity index (χ0) is 16.2. The van der Waals surface area contributed by atoms with Crippen LogP contribution in [0.5, 0.6) is 0 Å². The van der Waals surface area contributed by atoms with E-state index in [0.717, 1.165) is 29.8 Å². The summed E-state index contributed by atoms with van der Waals surface area (Å²) in [4.78, 5) is 17.4. The summed E-state index contributed by atoms with van der Waals surface area (Å²) in [5.74, 6) is 0.411. The van der Waals surface area contributed by atoms with Gasteiger partial charge in [-0.15, -0.1) is 0 Å². The number of hydrogen-bond acceptors (Lipinski definition) is 6. The van der Waals surface area contributed by atoms with Crippen molar-refractivity contribution in [2.24, 2.45) is 12.2 Å². The van der Waals surface area contributed by atoms with Crippen molar-refractivity contribution >= 4 is 11.6 Å². The van der Waals surface area contributed by atoms with Gasteiger partial charge in [-0.1, -0.05) is 23.7 Å². The average Bonchev–Trinajstić information content (AvgIpc) is 3.25. The van der Waals surface area contributed by atoms with Gasteiger partial charge in [0.15, 0.2) is 5.76 Å². The van der Waals surface area contributed by atoms with Gasteiger partial charge in [0.05, 0.1) is 24.1 Å². The Hall–Kier alpha value is -2.64. The Bertz CT molecular complexity index is 718. The molecular formula is C15H19N5O3. The molecular weight excluding hydrogens is 298 g/mol. The highest BCUT2D eigenvalue weighted by molar-refractivity contribution is 6.03. The van der Waals surface area contributed by atoms with Crippen molar-refractivity contribution in [1.82, 2.24) is 20.3 Å². The van der Waals surface area contributed by atoms with Gasteiger partial charge in [0.25, 0.3) is 5.91 Å². The lowest BCUT2D eigenvalue weighted by Crippen LogP contribution is -2.34. The molecule has 3 rings (SSSR count). The van der Waals surface area contributed by atoms with Crippen molar-refractivity contribution in [3.05, 3.63) is 35.5 Å². The average molecular weight is 317 g/mol. The summed E-state index contributed by atoms with van der Waals surface area (Å²) >= 11 is 0. The third-order valence-electron chi connectivity index (χ3n) is 3.55. The lowest BCUT2D eigenvalue weighted by atomic mass is 10.1. The molecule has 0 aromatic carbocycles. The van der Waals surface area contributed by atoms with Crippen LogP contribution in [0.25, 0.3) is 0 Å². The Morgan fingerprint density at radius 3 is 3.13 bits per heavy atom. The predicted molar refractivity (Wildman–Crippen MR) is 81.6 cm³/mol. The smallest absolute Gasteiger partial charge is 0.264 e. The van der Waals surface area contributed by atoms with Crippen LogP contribution in [-0.4, -0.2) is 32.7 Å². The van der Waals surface area contributed by atoms with E-state index in [1.807, 2.05) is 19.3 Å². The summed E-state index contributed by atoms with van der Waals surface area (Å²) in [7, 11) is 1.83. The first-order valence-electron chi connectivity index (χ1n) is 7.59. The van der Waals surface area contributed by atoms with Gasteiger partial charge in [0.1, 0.15) is 0 Å². The van der Waals surface area contributed by atoms with Crippen molar-refractivity contribution in [3.63, 3.8) is 0 Å². The molecule has 8 heteroatoms. The second kappa shape index (κ2) is 6.64. The molecule has 0 saturated heterocycles. The van der Waals surface area contributed by atoms with E-state index < -0.39 is 6.10 Å². The lowest BCUT2D eigenvalue weighted by Gasteiger charge is -2.07. The Morgan fingerprint density at radius 2 is 2.39 bits per heavy atom. The molecule has 2 aromatic heterocycles. The zero-order valence-corrected chi connectivity index (χ0v) is 13.2. The summed E-state index contributed by atoms with van der Waals surface area (Å²) < 4.78 is 6.86. The molecule has 8 nitrogen and oxygen atoms in total. The van der Waals surface area contributed by atoms with Gasteiger partial charge in [-0.2, -0.15) is 5.10 Å². The largest absolute Gasteiger partial charge is 0.382 e. The normalized spacial score (nSPS) is 17.0. The number of oxime groups is 1. The first-order chi connectivity index (χ1) is 11.2. The highest BCUT2D eigenvalue weighted by atomic mass is 16.6. The van der Waals surface area contributed by atoms with Crippen molar-refractivity contribution in [3.8, 4) is 0 Å². The van der Waals surface area contributed by atoms with Gasteiger partial charge >= 0.3 is 0 Å². The number of aryl methyl sites for hydroxylation is 2. The van der Waals surface area contributed by atoms with Crippen LogP contribution in [0.2, 0.25) is 0 Å². The molecule has 3 heterocycles. The maximum Gasteiger partial charge on any atom is 0.264 e. The molecule has 0 bridgehead atoms. The summed E-state index contributed by atoms with van der Waals surface area (Å²) in [6.07, 6.45) is 5.21. The fourth-order valence-electron chi connectivity index (χ4n) is 2.36. The number of nitrogens with zero attached hydrogens (tertiary/aromatic N) is 4. The van der Waals surface area contributed by atoms with Crippen LogP contribution in [0.1, 0.15) is 36.8 Å². The van der Waals surface area contributed by atoms with E-state index >= 15 is 0 Å². The Balaban J connectivity index is 1.50. The monoisotopic (exact) mass is 317 g/mol. The minimum atomic E-state index is -0.622. The van der Waals surface area contributed by atoms with Gasteiger partial charge in [0, 0.05) is 31.3 Å². The SMILES string of the molecule is CCCc1cc(CNC(=O)C2CC(c3cnn(C)c3)=NO2)on1. The third kappa shape index (κ3) is 3.58. The number of nitrogens with one attached hydrogen (secondary N) is 1. The highest BCUT2D eigenvalue weighted by Crippen LogP contribution is 2.16. The fourth-order valence-corrected chi connectivity index (χ4v) is 2.36. The molecule has 0 aliphatic carbocycles. The minimum Gasteiger partial charge on any atom is -0.382 e. The molecule has 0 fully saturated rings. The van der Waals surface area contributed by atoms with E-state index in [2.05, 4.69) is 27.7 Å². The van der Waals surface area contributed by atoms with Crippen LogP contribution < -0.4 is 5.32 Å². The zero-order valence-electron chi connectivity index (χ0n) is 13.2. The Labute approximate surface area is 133 Å². The molecule has 0 spiro atoms. The van der Waals surface area contributed by atoms with Gasteiger partial charge < -0.3 is 14.7 Å². The van der Waals surface area contributed by atoms with E-state index in [9.17, 15) is 4.79 Å². The summed E-state index contributed by atoms with van der Waals surface area (Å²) in [5, 5.41) is 14.8. The second-order valence-corrected chi connectivity index (χ2v) is 5.49. The molecule has 122 valence electrons. The number of amides is 1. The fraction of sp³-hybridized carbons (Fsp3) is 0.467. The molecule has 1 unspecified atom stereocenters. The molecule has 1 N–H and O–H groups in total. The van der Waals surface area contributed by atoms with E-state index in [0.29, 0.717) is 12.2 Å². The highest BCUT2D eigenvalue weighted by Gasteiger charge is 2.29. The number of hydrogen-bond donors (Lipinski definition) is 1. The molecule has 1 amide bonds. The van der Waals surface area contributed by atoms with Crippen LogP contribution >= 0.6 is 0 Å². The van der Waals surface area contributed by atoms with Gasteiger partial charge in [-0.05, 0) is 6.42 Å². The number of carbonyl (C=O) groups is 1. The van der Waals surface area contributed by atoms with Gasteiger partial charge in [0.2, 0.25) is 6.10 Å². The quantitative estimate of drug-likeness (QED) is 0.863. The van der Waals surface area contributed by atoms with Crippen molar-refractivity contribution in [2.75, 3.05) is 0 Å². The van der Waals surface area contributed by atoms with Crippen molar-refractivity contribution < 1.29 is 14.2 Å². The van der Waals surface area contributed by atoms with Crippen LogP contribution in [0, 0.1) is 0 Å². The summed E-state index contributed by atoms with van der Waals surface area (Å²) in [6, 6.07) is 1.86. The maximum atomic E-state index is 12.1. The van der Waals surface area contributed by atoms with Crippen LogP contribution in [-0.2, 0) is 29.6 Å². The summed E-state index contributed by atoms with van der Waals surface area (Å²) in [6.45, 7) is 2.37. The van der Waals surface area contributed by atoms with Crippen LogP contribution in [0.15, 0.2) is 28.1 Å². The number of carbonyl (C=O) groups excluding carboxylic acids is 1. The van der Waals surface area contributed by atoms with E-state index in [-0.39, 0.29) is 12.5 Å². The first kappa shape index (κ1) is 15.3. The van der Waals surface area contributed by atoms with Crippen LogP contribution in [0.4, 0.5) is 0 Å². The van der Waals surface area contributed by atoms with E-state index in [1.54, 1.807) is 10.9 Å². The van der Waals surface area contributed by atoms with E-state index in [4.69, 9.17) is 9.36 Å². The second-order valence-electron chi connectivity index (χ2n) is 5.49. The maximum absolute atomic E-state index is 12.1. The Kier molecular flexibility index (Phi) is 4.40. The van der Waals surface area contributed by atoms with Crippen molar-refractivity contribution in [1.29, 1.82) is 0 Å². The molecule has 1 aliphatic rings. The Morgan fingerprint density at radius 1 is 1.52 bits per heavy atom. The molecule has 23 heavy (non-hydrogen) atoms. The minimum absolute atomic E-state index is 0.221. The molecule has 2 aromatic rings. The predicted octanol–water partition coefficient (Wildman–Crippen LogP) is 1.17. The first-order valence-corrected chi connectivity index (χ1v) is 7.59. The van der Waals surface area contributed by atoms with Gasteiger partial charge in [-0.25, -0.2) is 0 Å². The van der Waals surface area contributed by atoms with E-state index in [1.165, 1.54) is 0 Å². The molecule has 0 radical (unpaired) electrons. The summed E-state index contributed by atoms with van der Waals surface area (Å²) in [5.41, 5.74) is 2.49. The number of aromatic nitrogens is 3. The molecule has 1 aliphatic heterocycles. The van der Waals surface area contributed by atoms with Gasteiger partial charge in [-0.3, -0.25) is 9.48 Å². The molecule has 0 saturated carbocycles. The third-order valence-corrected chi connectivity index (χ3v) is 3.55. The standard InChI is InChI=1S/C15H19N5O3/c1-3-4-11-5-12(22-18-11)8-16-15(21)14-6-13(19-23-14)10-7-17-20(2)9-10/h5,7,9,14H,3-4,6,8H2,1-2H3,(H,16,21). The number of rotatable bonds is 6. The molecule has 1 atom stereocenters. The van der Waals surface area contributed by atoms with Crippen molar-refractivity contribution in [2.45, 2.75) is 38.8 Å². The van der Waals surface area contributed by atoms with Crippen LogP contribution in [0.3, 0.4) is 0 Å². The topological polar surface area (TPSA) is 94.5 Å². The lowest BCUT2D eigenvalue weighted by molar-refractivity contribution is -0.131.